The Morgan fingerprint density at radius 3 is 2.95 bits per heavy atom. The molecular weight excluding hydrogens is 254 g/mol. The van der Waals surface area contributed by atoms with Crippen molar-refractivity contribution >= 4 is 0 Å². The van der Waals surface area contributed by atoms with Crippen molar-refractivity contribution in [1.82, 2.24) is 15.2 Å². The zero-order chi connectivity index (χ0) is 13.9. The maximum absolute atomic E-state index is 5.99. The van der Waals surface area contributed by atoms with Crippen molar-refractivity contribution in [1.29, 1.82) is 0 Å². The molecule has 2 atom stereocenters. The minimum atomic E-state index is 0.185. The highest BCUT2D eigenvalue weighted by atomic mass is 16.5. The van der Waals surface area contributed by atoms with E-state index in [0.717, 1.165) is 19.7 Å². The van der Waals surface area contributed by atoms with Gasteiger partial charge in [-0.25, -0.2) is 4.98 Å². The van der Waals surface area contributed by atoms with Crippen molar-refractivity contribution in [3.8, 4) is 5.88 Å². The first-order valence-corrected chi connectivity index (χ1v) is 7.33. The van der Waals surface area contributed by atoms with E-state index in [-0.39, 0.29) is 12.1 Å². The molecule has 5 nitrogen and oxygen atoms in total. The van der Waals surface area contributed by atoms with Gasteiger partial charge >= 0.3 is 0 Å². The largest absolute Gasteiger partial charge is 0.481 e. The molecule has 1 saturated carbocycles. The van der Waals surface area contributed by atoms with E-state index in [4.69, 9.17) is 9.47 Å². The number of morpholine rings is 1. The van der Waals surface area contributed by atoms with Crippen LogP contribution in [0, 0.1) is 0 Å². The second-order valence-corrected chi connectivity index (χ2v) is 5.65. The summed E-state index contributed by atoms with van der Waals surface area (Å²) in [6.45, 7) is 2.66. The molecule has 0 radical (unpaired) electrons. The van der Waals surface area contributed by atoms with E-state index in [1.807, 2.05) is 12.3 Å². The van der Waals surface area contributed by atoms with Gasteiger partial charge in [0.05, 0.1) is 25.9 Å². The molecule has 1 saturated heterocycles. The Balaban J connectivity index is 1.72. The first-order valence-electron chi connectivity index (χ1n) is 7.33. The fourth-order valence-corrected chi connectivity index (χ4v) is 2.76. The van der Waals surface area contributed by atoms with Gasteiger partial charge in [0.1, 0.15) is 0 Å². The van der Waals surface area contributed by atoms with Crippen LogP contribution in [0.25, 0.3) is 0 Å². The summed E-state index contributed by atoms with van der Waals surface area (Å²) in [6, 6.07) is 4.98. The van der Waals surface area contributed by atoms with Gasteiger partial charge in [-0.3, -0.25) is 4.90 Å². The van der Waals surface area contributed by atoms with Crippen molar-refractivity contribution in [2.75, 3.05) is 33.9 Å². The van der Waals surface area contributed by atoms with E-state index in [9.17, 15) is 0 Å². The molecule has 2 aliphatic rings. The normalized spacial score (nSPS) is 27.5. The molecule has 0 aromatic carbocycles. The third kappa shape index (κ3) is 3.11. The molecule has 5 heteroatoms. The summed E-state index contributed by atoms with van der Waals surface area (Å²) < 4.78 is 11.1. The zero-order valence-corrected chi connectivity index (χ0v) is 12.2. The minimum absolute atomic E-state index is 0.185. The number of likely N-dealkylation sites (N-methyl/N-ethyl adjacent to an activating group) is 1. The van der Waals surface area contributed by atoms with Crippen LogP contribution in [-0.4, -0.2) is 55.9 Å². The molecule has 1 aliphatic heterocycles. The molecule has 1 aliphatic carbocycles. The maximum atomic E-state index is 5.99. The second kappa shape index (κ2) is 6.08. The number of ether oxygens (including phenoxy) is 2. The Hall–Kier alpha value is -1.17. The zero-order valence-electron chi connectivity index (χ0n) is 12.2. The van der Waals surface area contributed by atoms with E-state index >= 15 is 0 Å². The van der Waals surface area contributed by atoms with Gasteiger partial charge in [0.2, 0.25) is 5.88 Å². The molecule has 1 N–H and O–H groups in total. The highest BCUT2D eigenvalue weighted by molar-refractivity contribution is 5.22. The van der Waals surface area contributed by atoms with Crippen LogP contribution in [0.1, 0.15) is 24.4 Å². The predicted molar refractivity (Wildman–Crippen MR) is 76.9 cm³/mol. The van der Waals surface area contributed by atoms with Crippen molar-refractivity contribution in [3.05, 3.63) is 23.9 Å². The lowest BCUT2D eigenvalue weighted by Gasteiger charge is -2.39. The summed E-state index contributed by atoms with van der Waals surface area (Å²) in [6.07, 6.45) is 4.69. The summed E-state index contributed by atoms with van der Waals surface area (Å²) in [7, 11) is 3.79. The molecule has 2 unspecified atom stereocenters. The van der Waals surface area contributed by atoms with Gasteiger partial charge in [-0.15, -0.1) is 0 Å². The van der Waals surface area contributed by atoms with Crippen LogP contribution in [0.2, 0.25) is 0 Å². The standard InChI is InChI=1S/C15H23N3O2/c1-18-7-8-20-13(10-16-12-4-5-12)15(18)11-3-6-14(19-2)17-9-11/h3,6,9,12-13,15-16H,4-5,7-8,10H2,1-2H3. The summed E-state index contributed by atoms with van der Waals surface area (Å²) >= 11 is 0. The molecule has 0 amide bonds. The number of nitrogens with zero attached hydrogens (tertiary/aromatic N) is 2. The van der Waals surface area contributed by atoms with Crippen LogP contribution >= 0.6 is 0 Å². The van der Waals surface area contributed by atoms with Crippen molar-refractivity contribution in [2.45, 2.75) is 31.0 Å². The van der Waals surface area contributed by atoms with Gasteiger partial charge in [-0.05, 0) is 25.5 Å². The van der Waals surface area contributed by atoms with Crippen molar-refractivity contribution in [3.63, 3.8) is 0 Å². The highest BCUT2D eigenvalue weighted by Gasteiger charge is 2.33. The number of hydrogen-bond acceptors (Lipinski definition) is 5. The summed E-state index contributed by atoms with van der Waals surface area (Å²) in [5, 5.41) is 3.57. The number of nitrogens with one attached hydrogen (secondary N) is 1. The number of pyridine rings is 1. The quantitative estimate of drug-likeness (QED) is 0.876. The van der Waals surface area contributed by atoms with Crippen LogP contribution in [0.5, 0.6) is 5.88 Å². The van der Waals surface area contributed by atoms with Crippen molar-refractivity contribution < 1.29 is 9.47 Å². The van der Waals surface area contributed by atoms with Crippen LogP contribution in [-0.2, 0) is 4.74 Å². The fourth-order valence-electron chi connectivity index (χ4n) is 2.76. The van der Waals surface area contributed by atoms with Gasteiger partial charge in [0.15, 0.2) is 0 Å². The molecule has 110 valence electrons. The molecule has 0 bridgehead atoms. The molecule has 3 rings (SSSR count). The Morgan fingerprint density at radius 1 is 1.45 bits per heavy atom. The number of aromatic nitrogens is 1. The Bertz CT molecular complexity index is 433. The lowest BCUT2D eigenvalue weighted by Crippen LogP contribution is -2.47. The molecule has 2 heterocycles. The number of methoxy groups -OCH3 is 1. The van der Waals surface area contributed by atoms with E-state index in [0.29, 0.717) is 11.9 Å². The SMILES string of the molecule is COc1ccc(C2C(CNC3CC3)OCCN2C)cn1. The van der Waals surface area contributed by atoms with Crippen molar-refractivity contribution in [2.24, 2.45) is 0 Å². The second-order valence-electron chi connectivity index (χ2n) is 5.65. The van der Waals surface area contributed by atoms with E-state index in [1.165, 1.54) is 18.4 Å². The average molecular weight is 277 g/mol. The van der Waals surface area contributed by atoms with Gasteiger partial charge < -0.3 is 14.8 Å². The topological polar surface area (TPSA) is 46.6 Å². The maximum Gasteiger partial charge on any atom is 0.212 e. The minimum Gasteiger partial charge on any atom is -0.481 e. The van der Waals surface area contributed by atoms with Gasteiger partial charge in [0, 0.05) is 31.4 Å². The van der Waals surface area contributed by atoms with Crippen LogP contribution in [0.4, 0.5) is 0 Å². The van der Waals surface area contributed by atoms with Gasteiger partial charge in [0.25, 0.3) is 0 Å². The van der Waals surface area contributed by atoms with E-state index in [2.05, 4.69) is 28.3 Å². The van der Waals surface area contributed by atoms with Gasteiger partial charge in [-0.2, -0.15) is 0 Å². The predicted octanol–water partition coefficient (Wildman–Crippen LogP) is 1.21. The Morgan fingerprint density at radius 2 is 2.30 bits per heavy atom. The smallest absolute Gasteiger partial charge is 0.212 e. The molecule has 1 aromatic heterocycles. The molecule has 2 fully saturated rings. The molecule has 20 heavy (non-hydrogen) atoms. The number of rotatable bonds is 5. The van der Waals surface area contributed by atoms with Crippen LogP contribution in [0.3, 0.4) is 0 Å². The average Bonchev–Trinajstić information content (AvgIpc) is 3.30. The molecule has 1 aromatic rings. The van der Waals surface area contributed by atoms with Gasteiger partial charge in [-0.1, -0.05) is 6.07 Å². The van der Waals surface area contributed by atoms with Crippen LogP contribution < -0.4 is 10.1 Å². The third-order valence-corrected chi connectivity index (χ3v) is 4.10. The molecule has 0 spiro atoms. The third-order valence-electron chi connectivity index (χ3n) is 4.10. The molecular formula is C15H23N3O2. The lowest BCUT2D eigenvalue weighted by atomic mass is 10.00. The summed E-state index contributed by atoms with van der Waals surface area (Å²) in [5.41, 5.74) is 1.19. The Labute approximate surface area is 120 Å². The first-order chi connectivity index (χ1) is 9.78. The first kappa shape index (κ1) is 13.8. The number of hydrogen-bond donors (Lipinski definition) is 1. The van der Waals surface area contributed by atoms with E-state index < -0.39 is 0 Å². The summed E-state index contributed by atoms with van der Waals surface area (Å²) in [4.78, 5) is 6.68. The highest BCUT2D eigenvalue weighted by Crippen LogP contribution is 2.29. The fraction of sp³-hybridized carbons (Fsp3) is 0.667. The van der Waals surface area contributed by atoms with E-state index in [1.54, 1.807) is 7.11 Å². The van der Waals surface area contributed by atoms with Crippen LogP contribution in [0.15, 0.2) is 18.3 Å². The Kier molecular flexibility index (Phi) is 4.19. The summed E-state index contributed by atoms with van der Waals surface area (Å²) in [5.74, 6) is 0.654. The monoisotopic (exact) mass is 277 g/mol. The lowest BCUT2D eigenvalue weighted by molar-refractivity contribution is -0.0616.